The SMILES string of the molecule is CC1=CCC(C)C(C)=C1c1nc(-c2c(C)cccc2C)nc(-c2cc3c4cccc5c4c(cc3c3ccccc23)-c2ccccc2-5)n1. The molecule has 3 heteroatoms. The minimum Gasteiger partial charge on any atom is -0.208 e. The molecule has 0 amide bonds. The first-order valence-electron chi connectivity index (χ1n) is 16.6. The van der Waals surface area contributed by atoms with Gasteiger partial charge in [0.15, 0.2) is 17.5 Å². The van der Waals surface area contributed by atoms with E-state index in [1.807, 2.05) is 0 Å². The summed E-state index contributed by atoms with van der Waals surface area (Å²) in [5, 5.41) is 7.42. The van der Waals surface area contributed by atoms with Crippen LogP contribution < -0.4 is 0 Å². The molecule has 2 aliphatic carbocycles. The van der Waals surface area contributed by atoms with Crippen molar-refractivity contribution in [3.05, 3.63) is 131 Å². The quantitative estimate of drug-likeness (QED) is 0.188. The van der Waals surface area contributed by atoms with Crippen molar-refractivity contribution in [2.45, 2.75) is 41.0 Å². The van der Waals surface area contributed by atoms with Gasteiger partial charge in [0, 0.05) is 16.7 Å². The Morgan fingerprint density at radius 3 is 1.87 bits per heavy atom. The molecule has 1 atom stereocenters. The number of fused-ring (bicyclic) bond motifs is 7. The number of aryl methyl sites for hydroxylation is 2. The average molecular weight is 606 g/mol. The van der Waals surface area contributed by atoms with Gasteiger partial charge in [-0.3, -0.25) is 0 Å². The third kappa shape index (κ3) is 4.09. The lowest BCUT2D eigenvalue weighted by Crippen LogP contribution is -2.11. The number of allylic oxidation sites excluding steroid dienone is 4. The largest absolute Gasteiger partial charge is 0.208 e. The van der Waals surface area contributed by atoms with Crippen LogP contribution >= 0.6 is 0 Å². The van der Waals surface area contributed by atoms with Crippen LogP contribution in [0.15, 0.2) is 114 Å². The van der Waals surface area contributed by atoms with E-state index < -0.39 is 0 Å². The molecule has 0 aliphatic heterocycles. The number of hydrogen-bond donors (Lipinski definition) is 0. The van der Waals surface area contributed by atoms with Crippen LogP contribution in [-0.2, 0) is 0 Å². The molecule has 1 unspecified atom stereocenters. The molecular weight excluding hydrogens is 571 g/mol. The number of hydrogen-bond acceptors (Lipinski definition) is 3. The first-order valence-corrected chi connectivity index (χ1v) is 16.6. The van der Waals surface area contributed by atoms with Crippen LogP contribution in [0.3, 0.4) is 0 Å². The Hall–Kier alpha value is -5.41. The lowest BCUT2D eigenvalue weighted by molar-refractivity contribution is 0.684. The molecule has 7 aromatic rings. The molecule has 0 N–H and O–H groups in total. The first kappa shape index (κ1) is 27.9. The van der Waals surface area contributed by atoms with Gasteiger partial charge in [0.2, 0.25) is 0 Å². The molecule has 1 aromatic heterocycles. The van der Waals surface area contributed by atoms with Gasteiger partial charge < -0.3 is 0 Å². The first-order chi connectivity index (χ1) is 22.9. The van der Waals surface area contributed by atoms with Gasteiger partial charge in [0.05, 0.1) is 0 Å². The maximum absolute atomic E-state index is 5.34. The highest BCUT2D eigenvalue weighted by atomic mass is 15.0. The monoisotopic (exact) mass is 605 g/mol. The summed E-state index contributed by atoms with van der Waals surface area (Å²) in [7, 11) is 0. The van der Waals surface area contributed by atoms with Crippen molar-refractivity contribution in [3.63, 3.8) is 0 Å². The van der Waals surface area contributed by atoms with E-state index in [0.29, 0.717) is 11.7 Å². The highest BCUT2D eigenvalue weighted by molar-refractivity contribution is 6.28. The summed E-state index contributed by atoms with van der Waals surface area (Å²) >= 11 is 0. The van der Waals surface area contributed by atoms with Crippen molar-refractivity contribution >= 4 is 37.9 Å². The summed E-state index contributed by atoms with van der Waals surface area (Å²) in [5.74, 6) is 2.63. The zero-order valence-electron chi connectivity index (χ0n) is 27.4. The Morgan fingerprint density at radius 2 is 1.09 bits per heavy atom. The fourth-order valence-corrected chi connectivity index (χ4v) is 8.06. The lowest BCUT2D eigenvalue weighted by Gasteiger charge is -2.23. The maximum Gasteiger partial charge on any atom is 0.164 e. The molecule has 9 rings (SSSR count). The van der Waals surface area contributed by atoms with E-state index >= 15 is 0 Å². The van der Waals surface area contributed by atoms with Gasteiger partial charge in [0.25, 0.3) is 0 Å². The summed E-state index contributed by atoms with van der Waals surface area (Å²) in [6.07, 6.45) is 3.38. The molecule has 3 nitrogen and oxygen atoms in total. The van der Waals surface area contributed by atoms with Crippen molar-refractivity contribution < 1.29 is 0 Å². The fraction of sp³-hybridized carbons (Fsp3) is 0.159. The van der Waals surface area contributed by atoms with Gasteiger partial charge in [0.1, 0.15) is 0 Å². The zero-order chi connectivity index (χ0) is 32.0. The minimum atomic E-state index is 0.437. The number of nitrogens with zero attached hydrogens (tertiary/aromatic N) is 3. The standard InChI is InChI=1S/C44H35N3/c1-24-20-21-27(4)40(28(24)5)44-46-42(45-43(47-44)39-25(2)12-10-13-26(39)3)38-23-36-34-19-11-18-33-29-14-6-8-16-31(29)37(41(33)34)22-35(36)30-15-7-9-17-32(30)38/h6-19,21-24H,20H2,1-5H3. The van der Waals surface area contributed by atoms with Crippen LogP contribution in [-0.4, -0.2) is 15.0 Å². The van der Waals surface area contributed by atoms with Crippen molar-refractivity contribution in [2.24, 2.45) is 5.92 Å². The molecule has 0 spiro atoms. The van der Waals surface area contributed by atoms with Crippen LogP contribution in [0, 0.1) is 19.8 Å². The molecule has 226 valence electrons. The maximum atomic E-state index is 5.34. The fourth-order valence-electron chi connectivity index (χ4n) is 8.06. The third-order valence-electron chi connectivity index (χ3n) is 10.6. The van der Waals surface area contributed by atoms with Gasteiger partial charge >= 0.3 is 0 Å². The van der Waals surface area contributed by atoms with E-state index in [1.54, 1.807) is 0 Å². The van der Waals surface area contributed by atoms with E-state index in [-0.39, 0.29) is 0 Å². The van der Waals surface area contributed by atoms with Crippen molar-refractivity contribution in [2.75, 3.05) is 0 Å². The van der Waals surface area contributed by atoms with Crippen LogP contribution in [0.25, 0.3) is 82.9 Å². The Labute approximate surface area is 275 Å². The van der Waals surface area contributed by atoms with Crippen LogP contribution in [0.2, 0.25) is 0 Å². The lowest BCUT2D eigenvalue weighted by atomic mass is 9.85. The minimum absolute atomic E-state index is 0.437. The smallest absolute Gasteiger partial charge is 0.164 e. The molecule has 2 aliphatic rings. The normalized spacial score (nSPS) is 15.5. The second-order valence-corrected chi connectivity index (χ2v) is 13.4. The van der Waals surface area contributed by atoms with Gasteiger partial charge in [-0.25, -0.2) is 15.0 Å². The molecule has 0 saturated heterocycles. The highest BCUT2D eigenvalue weighted by Crippen LogP contribution is 2.50. The topological polar surface area (TPSA) is 38.7 Å². The van der Waals surface area contributed by atoms with Crippen LogP contribution in [0.4, 0.5) is 0 Å². The van der Waals surface area contributed by atoms with E-state index in [0.717, 1.165) is 51.3 Å². The Bertz CT molecular complexity index is 2530. The highest BCUT2D eigenvalue weighted by Gasteiger charge is 2.26. The molecule has 0 bridgehead atoms. The predicted molar refractivity (Wildman–Crippen MR) is 197 cm³/mol. The van der Waals surface area contributed by atoms with Gasteiger partial charge in [-0.2, -0.15) is 0 Å². The number of rotatable bonds is 3. The molecular formula is C44H35N3. The molecule has 1 heterocycles. The van der Waals surface area contributed by atoms with Crippen molar-refractivity contribution in [1.82, 2.24) is 15.0 Å². The van der Waals surface area contributed by atoms with Gasteiger partial charge in [-0.05, 0) is 123 Å². The van der Waals surface area contributed by atoms with E-state index in [4.69, 9.17) is 15.0 Å². The van der Waals surface area contributed by atoms with E-state index in [1.165, 1.54) is 60.3 Å². The Kier molecular flexibility index (Phi) is 6.11. The summed E-state index contributed by atoms with van der Waals surface area (Å²) in [4.78, 5) is 15.9. The van der Waals surface area contributed by atoms with Crippen LogP contribution in [0.5, 0.6) is 0 Å². The van der Waals surface area contributed by atoms with Gasteiger partial charge in [-0.15, -0.1) is 0 Å². The summed E-state index contributed by atoms with van der Waals surface area (Å²) in [6, 6.07) is 35.4. The van der Waals surface area contributed by atoms with E-state index in [9.17, 15) is 0 Å². The zero-order valence-corrected chi connectivity index (χ0v) is 27.4. The Morgan fingerprint density at radius 1 is 0.511 bits per heavy atom. The molecule has 0 saturated carbocycles. The number of benzene rings is 6. The molecule has 0 radical (unpaired) electrons. The summed E-state index contributed by atoms with van der Waals surface area (Å²) in [5.41, 5.74) is 13.4. The summed E-state index contributed by atoms with van der Waals surface area (Å²) in [6.45, 7) is 11.0. The number of aromatic nitrogens is 3. The molecule has 47 heavy (non-hydrogen) atoms. The molecule has 0 fully saturated rings. The molecule has 6 aromatic carbocycles. The second kappa shape index (κ2) is 10.3. The summed E-state index contributed by atoms with van der Waals surface area (Å²) < 4.78 is 0. The van der Waals surface area contributed by atoms with Crippen molar-refractivity contribution in [3.8, 4) is 45.0 Å². The predicted octanol–water partition coefficient (Wildman–Crippen LogP) is 11.7. The van der Waals surface area contributed by atoms with Gasteiger partial charge in [-0.1, -0.05) is 104 Å². The second-order valence-electron chi connectivity index (χ2n) is 13.4. The average Bonchev–Trinajstić information content (AvgIpc) is 3.41. The van der Waals surface area contributed by atoms with Crippen LogP contribution in [0.1, 0.15) is 44.1 Å². The van der Waals surface area contributed by atoms with Crippen molar-refractivity contribution in [1.29, 1.82) is 0 Å². The van der Waals surface area contributed by atoms with E-state index in [2.05, 4.69) is 138 Å². The third-order valence-corrected chi connectivity index (χ3v) is 10.6. The Balaban J connectivity index is 1.40.